The van der Waals surface area contributed by atoms with Crippen molar-refractivity contribution in [1.82, 2.24) is 0 Å². The molecular weight excluding hydrogens is 464 g/mol. The topological polar surface area (TPSA) is 116 Å². The van der Waals surface area contributed by atoms with E-state index in [9.17, 15) is 24.3 Å². The number of aliphatic hydroxyl groups is 1. The zero-order chi connectivity index (χ0) is 26.8. The third kappa shape index (κ3) is 2.29. The predicted octanol–water partition coefficient (Wildman–Crippen LogP) is 3.83. The fourth-order valence-electron chi connectivity index (χ4n) is 9.58. The van der Waals surface area contributed by atoms with Crippen LogP contribution in [0.4, 0.5) is 0 Å². The lowest BCUT2D eigenvalue weighted by atomic mass is 9.33. The summed E-state index contributed by atoms with van der Waals surface area (Å²) in [5, 5.41) is 11.3. The van der Waals surface area contributed by atoms with E-state index in [0.29, 0.717) is 18.4 Å². The highest BCUT2D eigenvalue weighted by Crippen LogP contribution is 2.79. The number of carbonyl (C=O) groups excluding carboxylic acids is 4. The van der Waals surface area contributed by atoms with Gasteiger partial charge in [-0.3, -0.25) is 19.2 Å². The Bertz CT molecular complexity index is 1180. The lowest BCUT2D eigenvalue weighted by molar-refractivity contribution is -0.216. The first kappa shape index (κ1) is 25.0. The Morgan fingerprint density at radius 1 is 1.14 bits per heavy atom. The van der Waals surface area contributed by atoms with E-state index in [1.54, 1.807) is 13.8 Å². The number of aliphatic hydroxyl groups excluding tert-OH is 1. The smallest absolute Gasteiger partial charge is 0.321 e. The van der Waals surface area contributed by atoms with E-state index in [2.05, 4.69) is 0 Å². The number of hydrogen-bond acceptors (Lipinski definition) is 8. The van der Waals surface area contributed by atoms with Crippen LogP contribution in [0, 0.1) is 38.9 Å². The Kier molecular flexibility index (Phi) is 4.88. The molecule has 3 fully saturated rings. The van der Waals surface area contributed by atoms with Crippen LogP contribution in [-0.2, 0) is 33.4 Å². The van der Waals surface area contributed by atoms with Crippen molar-refractivity contribution in [1.29, 1.82) is 0 Å². The quantitative estimate of drug-likeness (QED) is 0.263. The molecule has 5 aliphatic rings. The molecule has 8 atom stereocenters. The maximum atomic E-state index is 14.1. The zero-order valence-corrected chi connectivity index (χ0v) is 22.3. The van der Waals surface area contributed by atoms with Crippen LogP contribution in [0.25, 0.3) is 0 Å². The van der Waals surface area contributed by atoms with Crippen LogP contribution in [0.5, 0.6) is 0 Å². The molecule has 1 saturated heterocycles. The highest BCUT2D eigenvalue weighted by atomic mass is 16.6. The van der Waals surface area contributed by atoms with Crippen molar-refractivity contribution in [3.05, 3.63) is 23.0 Å². The Hall–Kier alpha value is -2.64. The van der Waals surface area contributed by atoms with Crippen molar-refractivity contribution in [2.75, 3.05) is 7.11 Å². The number of methoxy groups -OCH3 is 1. The number of hydrogen-bond donors (Lipinski definition) is 1. The number of ether oxygens (including phenoxy) is 3. The van der Waals surface area contributed by atoms with E-state index in [0.717, 1.165) is 0 Å². The van der Waals surface area contributed by atoms with Gasteiger partial charge >= 0.3 is 17.9 Å². The van der Waals surface area contributed by atoms with Gasteiger partial charge in [-0.15, -0.1) is 0 Å². The Labute approximate surface area is 211 Å². The molecule has 1 heterocycles. The maximum absolute atomic E-state index is 14.1. The first-order chi connectivity index (χ1) is 16.6. The van der Waals surface area contributed by atoms with Gasteiger partial charge in [0.25, 0.3) is 0 Å². The number of rotatable bonds is 2. The van der Waals surface area contributed by atoms with Gasteiger partial charge in [0, 0.05) is 35.2 Å². The van der Waals surface area contributed by atoms with Gasteiger partial charge in [-0.1, -0.05) is 32.4 Å². The molecule has 0 aromatic heterocycles. The third-order valence-corrected chi connectivity index (χ3v) is 11.0. The number of fused-ring (bicyclic) bond motifs is 3. The van der Waals surface area contributed by atoms with Crippen LogP contribution >= 0.6 is 0 Å². The van der Waals surface area contributed by atoms with Crippen molar-refractivity contribution < 1.29 is 38.5 Å². The van der Waals surface area contributed by atoms with Crippen LogP contribution in [0.2, 0.25) is 0 Å². The minimum atomic E-state index is -1.74. The van der Waals surface area contributed by atoms with Crippen molar-refractivity contribution in [3.8, 4) is 0 Å². The summed E-state index contributed by atoms with van der Waals surface area (Å²) in [5.74, 6) is -2.77. The minimum Gasteiger partial charge on any atom is -0.511 e. The monoisotopic (exact) mass is 500 g/mol. The van der Waals surface area contributed by atoms with Crippen LogP contribution in [-0.4, -0.2) is 48.1 Å². The first-order valence-electron chi connectivity index (χ1n) is 12.7. The molecular formula is C28H36O8. The van der Waals surface area contributed by atoms with E-state index in [1.807, 2.05) is 33.8 Å². The second-order valence-corrected chi connectivity index (χ2v) is 12.5. The predicted molar refractivity (Wildman–Crippen MR) is 127 cm³/mol. The number of allylic oxidation sites excluding steroid dienone is 3. The molecule has 8 nitrogen and oxygen atoms in total. The highest BCUT2D eigenvalue weighted by molar-refractivity contribution is 6.17. The van der Waals surface area contributed by atoms with Gasteiger partial charge in [-0.25, -0.2) is 0 Å². The van der Waals surface area contributed by atoms with Crippen LogP contribution in [0.1, 0.15) is 67.7 Å². The molecule has 0 amide bonds. The fourth-order valence-corrected chi connectivity index (χ4v) is 9.58. The number of carbonyl (C=O) groups is 4. The van der Waals surface area contributed by atoms with Crippen molar-refractivity contribution >= 4 is 23.7 Å². The lowest BCUT2D eigenvalue weighted by Gasteiger charge is -2.66. The van der Waals surface area contributed by atoms with Gasteiger partial charge in [0.1, 0.15) is 18.0 Å². The lowest BCUT2D eigenvalue weighted by Crippen LogP contribution is -2.71. The van der Waals surface area contributed by atoms with Gasteiger partial charge in [-0.05, 0) is 40.0 Å². The minimum absolute atomic E-state index is 0.121. The number of esters is 3. The molecule has 8 heteroatoms. The Morgan fingerprint density at radius 2 is 1.78 bits per heavy atom. The van der Waals surface area contributed by atoms with Crippen LogP contribution < -0.4 is 0 Å². The van der Waals surface area contributed by atoms with E-state index in [1.165, 1.54) is 14.0 Å². The molecule has 4 aliphatic carbocycles. The summed E-state index contributed by atoms with van der Waals surface area (Å²) in [7, 11) is 1.26. The summed E-state index contributed by atoms with van der Waals surface area (Å²) in [6, 6.07) is 0. The van der Waals surface area contributed by atoms with Crippen LogP contribution in [0.15, 0.2) is 23.0 Å². The molecule has 1 aliphatic heterocycles. The van der Waals surface area contributed by atoms with E-state index >= 15 is 0 Å². The van der Waals surface area contributed by atoms with Gasteiger partial charge < -0.3 is 19.3 Å². The molecule has 0 spiro atoms. The number of Topliss-reactive ketones (excluding diaryl/α,β-unsaturated/α-hetero) is 1. The Morgan fingerprint density at radius 3 is 2.36 bits per heavy atom. The Balaban J connectivity index is 1.79. The normalized spacial score (nSPS) is 46.3. The summed E-state index contributed by atoms with van der Waals surface area (Å²) in [6.45, 7) is 12.4. The van der Waals surface area contributed by atoms with Gasteiger partial charge in [0.15, 0.2) is 11.2 Å². The van der Waals surface area contributed by atoms with Crippen molar-refractivity contribution in [2.45, 2.75) is 79.9 Å². The van der Waals surface area contributed by atoms with Gasteiger partial charge in [-0.2, -0.15) is 0 Å². The average Bonchev–Trinajstić information content (AvgIpc) is 3.12. The van der Waals surface area contributed by atoms with E-state index < -0.39 is 50.8 Å². The molecule has 0 radical (unpaired) electrons. The molecule has 2 saturated carbocycles. The second-order valence-electron chi connectivity index (χ2n) is 12.5. The van der Waals surface area contributed by atoms with Gasteiger partial charge in [0.2, 0.25) is 0 Å². The molecule has 196 valence electrons. The summed E-state index contributed by atoms with van der Waals surface area (Å²) in [5.41, 5.74) is -4.90. The van der Waals surface area contributed by atoms with Gasteiger partial charge in [0.05, 0.1) is 17.9 Å². The zero-order valence-electron chi connectivity index (χ0n) is 22.3. The fraction of sp³-hybridized carbons (Fsp3) is 0.714. The molecule has 0 aromatic carbocycles. The summed E-state index contributed by atoms with van der Waals surface area (Å²) >= 11 is 0. The summed E-state index contributed by atoms with van der Waals surface area (Å²) in [6.07, 6.45) is 2.14. The largest absolute Gasteiger partial charge is 0.511 e. The molecule has 1 N–H and O–H groups in total. The van der Waals surface area contributed by atoms with Crippen molar-refractivity contribution in [3.63, 3.8) is 0 Å². The molecule has 0 aromatic rings. The second kappa shape index (κ2) is 7.01. The summed E-state index contributed by atoms with van der Waals surface area (Å²) < 4.78 is 17.1. The first-order valence-corrected chi connectivity index (χ1v) is 12.7. The molecule has 36 heavy (non-hydrogen) atoms. The summed E-state index contributed by atoms with van der Waals surface area (Å²) in [4.78, 5) is 53.7. The standard InChI is InChI=1S/C28H36O8/c1-13-11-17-25(6,28(23(33)34-8)21(31)14(2)20(30)26(13,28)7)12-16-19-24(4,5)18(35-15(3)29)9-10-27(17,19)22(32)36-16/h11,16-19,30H,9-10,12H2,1-8H3/t16-,17+,18-,19+,25-,26-,27+,28+/m0/s1. The number of ketones is 1. The highest BCUT2D eigenvalue weighted by Gasteiger charge is 2.84. The average molecular weight is 501 g/mol. The van der Waals surface area contributed by atoms with Crippen molar-refractivity contribution in [2.24, 2.45) is 38.9 Å². The molecule has 2 bridgehead atoms. The molecule has 0 unspecified atom stereocenters. The maximum Gasteiger partial charge on any atom is 0.321 e. The van der Waals surface area contributed by atoms with Crippen LogP contribution in [0.3, 0.4) is 0 Å². The molecule has 5 rings (SSSR count). The van der Waals surface area contributed by atoms with E-state index in [-0.39, 0.29) is 41.7 Å². The SMILES string of the molecule is COC(=O)[C@@]12C(=O)C(C)=C(O)[C@]1(C)C(C)=C[C@H]1[C@]34CC[C@H](OC(C)=O)C(C)(C)[C@H]3[C@H](C[C@@]12C)OC4=O. The third-order valence-electron chi connectivity index (χ3n) is 11.0. The van der Waals surface area contributed by atoms with E-state index in [4.69, 9.17) is 14.2 Å².